The van der Waals surface area contributed by atoms with Gasteiger partial charge in [-0.3, -0.25) is 19.5 Å². The maximum atomic E-state index is 12.4. The summed E-state index contributed by atoms with van der Waals surface area (Å²) in [7, 11) is 0. The van der Waals surface area contributed by atoms with E-state index in [0.29, 0.717) is 11.1 Å². The van der Waals surface area contributed by atoms with Crippen LogP contribution in [0.4, 0.5) is 8.78 Å². The number of oxazole rings is 1. The first-order valence-electron chi connectivity index (χ1n) is 10.1. The molecule has 0 spiro atoms. The van der Waals surface area contributed by atoms with Gasteiger partial charge in [0.1, 0.15) is 11.7 Å². The van der Waals surface area contributed by atoms with E-state index in [4.69, 9.17) is 8.94 Å². The molecule has 2 amide bonds. The lowest BCUT2D eigenvalue weighted by Gasteiger charge is -2.21. The van der Waals surface area contributed by atoms with Crippen molar-refractivity contribution in [3.63, 3.8) is 0 Å². The maximum absolute atomic E-state index is 12.4. The number of imide groups is 1. The first-order valence-corrected chi connectivity index (χ1v) is 10.1. The predicted molar refractivity (Wildman–Crippen MR) is 109 cm³/mol. The number of ether oxygens (including phenoxy) is 1. The molecule has 4 heterocycles. The molecule has 1 aliphatic rings. The fraction of sp³-hybridized carbons (Fsp3) is 0.238. The molecule has 1 aromatic carbocycles. The number of nitrogens with zero attached hydrogens (tertiary/aromatic N) is 4. The van der Waals surface area contributed by atoms with Crippen molar-refractivity contribution in [2.24, 2.45) is 0 Å². The molecule has 1 atom stereocenters. The van der Waals surface area contributed by atoms with Crippen molar-refractivity contribution in [2.75, 3.05) is 0 Å². The zero-order valence-corrected chi connectivity index (χ0v) is 17.2. The summed E-state index contributed by atoms with van der Waals surface area (Å²) < 4.78 is 40.9. The van der Waals surface area contributed by atoms with Gasteiger partial charge in [-0.15, -0.1) is 0 Å². The third-order valence-corrected chi connectivity index (χ3v) is 5.18. The fourth-order valence-electron chi connectivity index (χ4n) is 3.71. The second-order valence-corrected chi connectivity index (χ2v) is 7.44. The lowest BCUT2D eigenvalue weighted by Crippen LogP contribution is -2.43. The summed E-state index contributed by atoms with van der Waals surface area (Å²) in [6, 6.07) is 8.32. The fourth-order valence-corrected chi connectivity index (χ4v) is 3.71. The number of carbonyl (C=O) groups is 2. The number of piperidine rings is 1. The lowest BCUT2D eigenvalue weighted by atomic mass is 10.1. The lowest BCUT2D eigenvalue weighted by molar-refractivity contribution is -0.135. The second kappa shape index (κ2) is 8.50. The molecule has 5 rings (SSSR count). The monoisotopic (exact) mass is 471 g/mol. The van der Waals surface area contributed by atoms with E-state index in [9.17, 15) is 23.2 Å². The van der Waals surface area contributed by atoms with Crippen molar-refractivity contribution in [3.8, 4) is 17.4 Å². The topological polar surface area (TPSA) is 142 Å². The molecule has 1 saturated heterocycles. The molecule has 3 aromatic heterocycles. The Hall–Kier alpha value is -4.42. The van der Waals surface area contributed by atoms with Crippen LogP contribution in [0.25, 0.3) is 22.6 Å². The molecule has 1 fully saturated rings. The van der Waals surface area contributed by atoms with E-state index >= 15 is 0 Å². The number of halogens is 2. The normalized spacial score (nSPS) is 16.3. The van der Waals surface area contributed by atoms with E-state index < -0.39 is 30.2 Å². The quantitative estimate of drug-likeness (QED) is 0.419. The van der Waals surface area contributed by atoms with Crippen molar-refractivity contribution >= 4 is 22.9 Å². The van der Waals surface area contributed by atoms with E-state index in [-0.39, 0.29) is 48.1 Å². The minimum atomic E-state index is -3.01. The molecule has 4 aromatic rings. The largest absolute Gasteiger partial charge is 0.420 e. The number of aromatic nitrogens is 4. The van der Waals surface area contributed by atoms with Crippen LogP contribution in [-0.4, -0.2) is 38.1 Å². The molecule has 0 saturated carbocycles. The van der Waals surface area contributed by atoms with E-state index in [2.05, 4.69) is 25.2 Å². The summed E-state index contributed by atoms with van der Waals surface area (Å²) in [6.45, 7) is -3.01. The number of rotatable bonds is 6. The Balaban J connectivity index is 1.41. The molecule has 0 aliphatic carbocycles. The Morgan fingerprint density at radius 1 is 1.18 bits per heavy atom. The highest BCUT2D eigenvalue weighted by Gasteiger charge is 2.31. The summed E-state index contributed by atoms with van der Waals surface area (Å²) in [6.07, 6.45) is 0.459. The van der Waals surface area contributed by atoms with Crippen LogP contribution in [0.1, 0.15) is 30.3 Å². The maximum Gasteiger partial charge on any atom is 0.420 e. The number of hydrogen-bond donors (Lipinski definition) is 1. The van der Waals surface area contributed by atoms with Crippen molar-refractivity contribution < 1.29 is 32.0 Å². The SMILES string of the molecule is O=C1CCC(n2c(=O)oc3ccc(Cc4nc(-c5cccc(OC(F)F)n5)no4)cc32)C(=O)N1. The van der Waals surface area contributed by atoms with Gasteiger partial charge in [0, 0.05) is 12.5 Å². The first kappa shape index (κ1) is 21.4. The van der Waals surface area contributed by atoms with Gasteiger partial charge in [-0.1, -0.05) is 17.3 Å². The van der Waals surface area contributed by atoms with Gasteiger partial charge in [0.25, 0.3) is 0 Å². The molecule has 174 valence electrons. The number of nitrogens with one attached hydrogen (secondary N) is 1. The van der Waals surface area contributed by atoms with Crippen LogP contribution in [0.15, 0.2) is 50.1 Å². The third kappa shape index (κ3) is 4.14. The number of pyridine rings is 1. The molecule has 34 heavy (non-hydrogen) atoms. The zero-order valence-electron chi connectivity index (χ0n) is 17.2. The van der Waals surface area contributed by atoms with Crippen LogP contribution in [0.3, 0.4) is 0 Å². The van der Waals surface area contributed by atoms with E-state index in [0.717, 1.165) is 0 Å². The molecule has 13 heteroatoms. The van der Waals surface area contributed by atoms with Crippen LogP contribution in [0.5, 0.6) is 5.88 Å². The summed E-state index contributed by atoms with van der Waals surface area (Å²) in [4.78, 5) is 44.3. The molecular formula is C21H15F2N5O6. The number of benzene rings is 1. The van der Waals surface area contributed by atoms with Crippen LogP contribution in [0.2, 0.25) is 0 Å². The molecule has 0 bridgehead atoms. The Labute approximate surface area is 188 Å². The molecule has 11 nitrogen and oxygen atoms in total. The first-order chi connectivity index (χ1) is 16.4. The standard InChI is InChI=1S/C21H15F2N5O6/c22-20(23)33-16-3-1-2-11(24-16)18-26-17(34-27-18)9-10-4-6-14-13(8-10)28(21(31)32-14)12-5-7-15(29)25-19(12)30/h1-4,6,8,12,20H,5,7,9H2,(H,25,29,30). The molecular weight excluding hydrogens is 456 g/mol. The third-order valence-electron chi connectivity index (χ3n) is 5.18. The van der Waals surface area contributed by atoms with Crippen LogP contribution >= 0.6 is 0 Å². The molecule has 1 unspecified atom stereocenters. The van der Waals surface area contributed by atoms with E-state index in [1.807, 2.05) is 0 Å². The number of alkyl halides is 2. The highest BCUT2D eigenvalue weighted by Crippen LogP contribution is 2.25. The van der Waals surface area contributed by atoms with Crippen molar-refractivity contribution in [2.45, 2.75) is 31.9 Å². The van der Waals surface area contributed by atoms with Crippen LogP contribution < -0.4 is 15.8 Å². The van der Waals surface area contributed by atoms with Gasteiger partial charge in [0.15, 0.2) is 5.58 Å². The molecule has 1 N–H and O–H groups in total. The summed E-state index contributed by atoms with van der Waals surface area (Å²) in [5, 5.41) is 6.05. The van der Waals surface area contributed by atoms with Gasteiger partial charge in [0.05, 0.1) is 11.9 Å². The summed E-state index contributed by atoms with van der Waals surface area (Å²) in [5.74, 6) is -1.67. The smallest absolute Gasteiger partial charge is 0.417 e. The minimum absolute atomic E-state index is 0.0829. The van der Waals surface area contributed by atoms with E-state index in [1.54, 1.807) is 18.2 Å². The van der Waals surface area contributed by atoms with Crippen molar-refractivity contribution in [1.29, 1.82) is 0 Å². The van der Waals surface area contributed by atoms with Crippen molar-refractivity contribution in [3.05, 3.63) is 58.4 Å². The van der Waals surface area contributed by atoms with Gasteiger partial charge in [0.2, 0.25) is 29.4 Å². The Bertz CT molecular complexity index is 1460. The van der Waals surface area contributed by atoms with Gasteiger partial charge in [-0.25, -0.2) is 9.78 Å². The predicted octanol–water partition coefficient (Wildman–Crippen LogP) is 2.21. The number of carbonyl (C=O) groups excluding carboxylic acids is 2. The number of amides is 2. The van der Waals surface area contributed by atoms with Crippen molar-refractivity contribution in [1.82, 2.24) is 25.0 Å². The Morgan fingerprint density at radius 3 is 2.82 bits per heavy atom. The van der Waals surface area contributed by atoms with E-state index in [1.165, 1.54) is 22.8 Å². The zero-order chi connectivity index (χ0) is 23.8. The highest BCUT2D eigenvalue weighted by atomic mass is 19.3. The number of hydrogen-bond acceptors (Lipinski definition) is 9. The highest BCUT2D eigenvalue weighted by molar-refractivity contribution is 6.00. The average molecular weight is 471 g/mol. The Morgan fingerprint density at radius 2 is 2.03 bits per heavy atom. The second-order valence-electron chi connectivity index (χ2n) is 7.44. The molecule has 1 aliphatic heterocycles. The summed E-state index contributed by atoms with van der Waals surface area (Å²) >= 11 is 0. The van der Waals surface area contributed by atoms with Gasteiger partial charge < -0.3 is 13.7 Å². The minimum Gasteiger partial charge on any atom is -0.417 e. The van der Waals surface area contributed by atoms with Gasteiger partial charge in [-0.2, -0.15) is 13.8 Å². The Kier molecular flexibility index (Phi) is 5.36. The van der Waals surface area contributed by atoms with Crippen LogP contribution in [-0.2, 0) is 16.0 Å². The number of fused-ring (bicyclic) bond motifs is 1. The van der Waals surface area contributed by atoms with Gasteiger partial charge in [-0.05, 0) is 30.2 Å². The van der Waals surface area contributed by atoms with Gasteiger partial charge >= 0.3 is 12.4 Å². The summed E-state index contributed by atoms with van der Waals surface area (Å²) in [5.41, 5.74) is 1.53. The van der Waals surface area contributed by atoms with Crippen LogP contribution in [0, 0.1) is 0 Å². The molecule has 0 radical (unpaired) electrons. The average Bonchev–Trinajstić information content (AvgIpc) is 3.38.